The maximum Gasteiger partial charge on any atom is 0.0673 e. The van der Waals surface area contributed by atoms with Crippen LogP contribution in [0.3, 0.4) is 0 Å². The van der Waals surface area contributed by atoms with Crippen molar-refractivity contribution in [1.29, 1.82) is 0 Å². The largest absolute Gasteiger partial charge is 0.378 e. The van der Waals surface area contributed by atoms with Gasteiger partial charge in [-0.25, -0.2) is 0 Å². The minimum atomic E-state index is 0.778. The summed E-state index contributed by atoms with van der Waals surface area (Å²) in [6.45, 7) is 8.01. The zero-order valence-corrected chi connectivity index (χ0v) is 8.21. The van der Waals surface area contributed by atoms with E-state index in [2.05, 4.69) is 17.1 Å². The van der Waals surface area contributed by atoms with Crippen LogP contribution in [0.2, 0.25) is 0 Å². The van der Waals surface area contributed by atoms with Crippen LogP contribution in [0.5, 0.6) is 0 Å². The summed E-state index contributed by atoms with van der Waals surface area (Å²) < 4.78 is 0. The average molecular weight is 171 g/mol. The third-order valence-electron chi connectivity index (χ3n) is 1.73. The molecular weight excluding hydrogens is 150 g/mol. The summed E-state index contributed by atoms with van der Waals surface area (Å²) in [7, 11) is 0. The number of hydrogen-bond acceptors (Lipinski definition) is 3. The van der Waals surface area contributed by atoms with Crippen LogP contribution < -0.4 is 11.1 Å². The monoisotopic (exact) mass is 171 g/mol. The molecule has 0 aromatic rings. The quantitative estimate of drug-likeness (QED) is 0.555. The summed E-state index contributed by atoms with van der Waals surface area (Å²) in [5.41, 5.74) is 5.43. The molecule has 0 unspecified atom stereocenters. The number of nitrogens with two attached hydrogens (primary N) is 1. The van der Waals surface area contributed by atoms with Crippen molar-refractivity contribution in [2.24, 2.45) is 5.73 Å². The zero-order valence-electron chi connectivity index (χ0n) is 8.21. The lowest BCUT2D eigenvalue weighted by Crippen LogP contribution is -2.33. The minimum absolute atomic E-state index is 0.778. The highest BCUT2D eigenvalue weighted by atomic mass is 15.2. The second-order valence-corrected chi connectivity index (χ2v) is 2.72. The average Bonchev–Trinajstić information content (AvgIpc) is 2.11. The summed E-state index contributed by atoms with van der Waals surface area (Å²) in [5, 5.41) is 3.20. The molecule has 0 bridgehead atoms. The third kappa shape index (κ3) is 6.19. The van der Waals surface area contributed by atoms with Gasteiger partial charge in [0.1, 0.15) is 0 Å². The topological polar surface area (TPSA) is 41.3 Å². The van der Waals surface area contributed by atoms with Crippen molar-refractivity contribution in [2.75, 3.05) is 26.3 Å². The van der Waals surface area contributed by atoms with Gasteiger partial charge in [-0.1, -0.05) is 13.0 Å². The molecule has 0 spiro atoms. The number of allylic oxidation sites excluding steroid dienone is 1. The second-order valence-electron chi connectivity index (χ2n) is 2.72. The van der Waals surface area contributed by atoms with Gasteiger partial charge in [0.2, 0.25) is 0 Å². The second kappa shape index (κ2) is 8.56. The van der Waals surface area contributed by atoms with Gasteiger partial charge in [-0.3, -0.25) is 4.90 Å². The standard InChI is InChI=1S/C9H21N3/c1-3-7-11-9-12(4-2)8-5-6-10/h3,7,11H,4-6,8-10H2,1-2H3/b7-3-. The zero-order chi connectivity index (χ0) is 9.23. The Bertz CT molecular complexity index is 112. The molecule has 3 N–H and O–H groups in total. The van der Waals surface area contributed by atoms with Crippen molar-refractivity contribution in [3.63, 3.8) is 0 Å². The molecule has 3 nitrogen and oxygen atoms in total. The van der Waals surface area contributed by atoms with Gasteiger partial charge in [0.05, 0.1) is 6.67 Å². The van der Waals surface area contributed by atoms with E-state index in [4.69, 9.17) is 5.73 Å². The maximum absolute atomic E-state index is 5.43. The van der Waals surface area contributed by atoms with Gasteiger partial charge in [-0.05, 0) is 32.6 Å². The number of nitrogens with zero attached hydrogens (tertiary/aromatic N) is 1. The number of rotatable bonds is 7. The fourth-order valence-corrected chi connectivity index (χ4v) is 0.964. The van der Waals surface area contributed by atoms with Crippen LogP contribution in [0, 0.1) is 0 Å². The first-order valence-electron chi connectivity index (χ1n) is 4.62. The molecule has 0 aliphatic heterocycles. The van der Waals surface area contributed by atoms with Crippen molar-refractivity contribution < 1.29 is 0 Å². The van der Waals surface area contributed by atoms with Gasteiger partial charge in [-0.2, -0.15) is 0 Å². The molecule has 3 heteroatoms. The highest BCUT2D eigenvalue weighted by molar-refractivity contribution is 4.73. The first-order valence-corrected chi connectivity index (χ1v) is 4.62. The van der Waals surface area contributed by atoms with E-state index in [-0.39, 0.29) is 0 Å². The van der Waals surface area contributed by atoms with Crippen LogP contribution in [-0.2, 0) is 0 Å². The number of nitrogens with one attached hydrogen (secondary N) is 1. The summed E-state index contributed by atoms with van der Waals surface area (Å²) in [6.07, 6.45) is 5.03. The van der Waals surface area contributed by atoms with Crippen LogP contribution in [0.15, 0.2) is 12.3 Å². The highest BCUT2D eigenvalue weighted by Gasteiger charge is 1.97. The molecule has 0 heterocycles. The van der Waals surface area contributed by atoms with Crippen LogP contribution in [0.4, 0.5) is 0 Å². The van der Waals surface area contributed by atoms with Gasteiger partial charge >= 0.3 is 0 Å². The lowest BCUT2D eigenvalue weighted by atomic mass is 10.4. The normalized spacial score (nSPS) is 11.3. The Balaban J connectivity index is 3.39. The lowest BCUT2D eigenvalue weighted by Gasteiger charge is -2.19. The van der Waals surface area contributed by atoms with E-state index in [0.29, 0.717) is 0 Å². The van der Waals surface area contributed by atoms with Crippen molar-refractivity contribution in [1.82, 2.24) is 10.2 Å². The molecule has 0 aliphatic rings. The van der Waals surface area contributed by atoms with Crippen molar-refractivity contribution in [2.45, 2.75) is 20.3 Å². The molecule has 72 valence electrons. The Morgan fingerprint density at radius 3 is 2.75 bits per heavy atom. The van der Waals surface area contributed by atoms with E-state index in [1.807, 2.05) is 19.2 Å². The van der Waals surface area contributed by atoms with Crippen molar-refractivity contribution in [3.8, 4) is 0 Å². The summed E-state index contributed by atoms with van der Waals surface area (Å²) in [4.78, 5) is 2.33. The molecule has 12 heavy (non-hydrogen) atoms. The number of hydrogen-bond donors (Lipinski definition) is 2. The first kappa shape index (κ1) is 11.5. The summed E-state index contributed by atoms with van der Waals surface area (Å²) >= 11 is 0. The molecule has 0 saturated heterocycles. The molecule has 0 atom stereocenters. The van der Waals surface area contributed by atoms with Gasteiger partial charge < -0.3 is 11.1 Å². The van der Waals surface area contributed by atoms with Crippen LogP contribution in [0.1, 0.15) is 20.3 Å². The summed E-state index contributed by atoms with van der Waals surface area (Å²) in [5.74, 6) is 0. The van der Waals surface area contributed by atoms with E-state index >= 15 is 0 Å². The molecule has 0 radical (unpaired) electrons. The van der Waals surface area contributed by atoms with Gasteiger partial charge in [-0.15, -0.1) is 0 Å². The van der Waals surface area contributed by atoms with Crippen LogP contribution in [0.25, 0.3) is 0 Å². The van der Waals surface area contributed by atoms with Gasteiger partial charge in [0, 0.05) is 6.54 Å². The molecule has 0 fully saturated rings. The van der Waals surface area contributed by atoms with E-state index < -0.39 is 0 Å². The smallest absolute Gasteiger partial charge is 0.0673 e. The van der Waals surface area contributed by atoms with Crippen LogP contribution in [-0.4, -0.2) is 31.2 Å². The highest BCUT2D eigenvalue weighted by Crippen LogP contribution is 1.87. The predicted octanol–water partition coefficient (Wildman–Crippen LogP) is 0.738. The Hall–Kier alpha value is -0.540. The predicted molar refractivity (Wildman–Crippen MR) is 53.7 cm³/mol. The first-order chi connectivity index (χ1) is 5.85. The Morgan fingerprint density at radius 2 is 2.25 bits per heavy atom. The molecule has 0 aliphatic carbocycles. The van der Waals surface area contributed by atoms with Crippen molar-refractivity contribution >= 4 is 0 Å². The lowest BCUT2D eigenvalue weighted by molar-refractivity contribution is 0.277. The SMILES string of the molecule is C/C=C\NCN(CC)CCCN. The van der Waals surface area contributed by atoms with E-state index in [9.17, 15) is 0 Å². The van der Waals surface area contributed by atoms with Crippen LogP contribution >= 0.6 is 0 Å². The summed E-state index contributed by atoms with van der Waals surface area (Å²) in [6, 6.07) is 0. The molecule has 0 rings (SSSR count). The van der Waals surface area contributed by atoms with Crippen molar-refractivity contribution in [3.05, 3.63) is 12.3 Å². The van der Waals surface area contributed by atoms with E-state index in [0.717, 1.165) is 32.7 Å². The molecule has 0 aromatic heterocycles. The van der Waals surface area contributed by atoms with Gasteiger partial charge in [0.25, 0.3) is 0 Å². The molecule has 0 saturated carbocycles. The molecule has 0 amide bonds. The fraction of sp³-hybridized carbons (Fsp3) is 0.778. The Kier molecular flexibility index (Phi) is 8.17. The Morgan fingerprint density at radius 1 is 1.50 bits per heavy atom. The fourth-order valence-electron chi connectivity index (χ4n) is 0.964. The molecule has 0 aromatic carbocycles. The third-order valence-corrected chi connectivity index (χ3v) is 1.73. The van der Waals surface area contributed by atoms with Gasteiger partial charge in [0.15, 0.2) is 0 Å². The molecular formula is C9H21N3. The van der Waals surface area contributed by atoms with E-state index in [1.54, 1.807) is 0 Å². The Labute approximate surface area is 75.6 Å². The maximum atomic E-state index is 5.43. The van der Waals surface area contributed by atoms with E-state index in [1.165, 1.54) is 0 Å². The minimum Gasteiger partial charge on any atom is -0.378 e.